The van der Waals surface area contributed by atoms with Crippen LogP contribution < -0.4 is 5.32 Å². The Balaban J connectivity index is 1.54. The maximum atomic E-state index is 13.0. The van der Waals surface area contributed by atoms with Crippen LogP contribution in [0.1, 0.15) is 33.0 Å². The number of ether oxygens (including phenoxy) is 1. The first-order valence-corrected chi connectivity index (χ1v) is 9.32. The van der Waals surface area contributed by atoms with Gasteiger partial charge in [-0.1, -0.05) is 48.5 Å². The molecule has 3 aromatic rings. The van der Waals surface area contributed by atoms with Crippen molar-refractivity contribution < 1.29 is 32.6 Å². The number of hydrogen-bond acceptors (Lipinski definition) is 3. The summed E-state index contributed by atoms with van der Waals surface area (Å²) in [4.78, 5) is 23.7. The molecule has 5 nitrogen and oxygen atoms in total. The van der Waals surface area contributed by atoms with Gasteiger partial charge in [0.15, 0.2) is 0 Å². The summed E-state index contributed by atoms with van der Waals surface area (Å²) < 4.78 is 44.2. The van der Waals surface area contributed by atoms with Crippen molar-refractivity contribution in [1.29, 1.82) is 0 Å². The summed E-state index contributed by atoms with van der Waals surface area (Å²) in [5.74, 6) is -1.71. The molecule has 0 saturated heterocycles. The van der Waals surface area contributed by atoms with Gasteiger partial charge in [-0.15, -0.1) is 0 Å². The number of carboxylic acids is 1. The first-order valence-electron chi connectivity index (χ1n) is 9.32. The molecule has 3 aromatic carbocycles. The van der Waals surface area contributed by atoms with Crippen molar-refractivity contribution in [2.45, 2.75) is 12.1 Å². The van der Waals surface area contributed by atoms with E-state index in [1.54, 1.807) is 0 Å². The molecule has 0 radical (unpaired) electrons. The van der Waals surface area contributed by atoms with E-state index in [-0.39, 0.29) is 12.5 Å². The van der Waals surface area contributed by atoms with E-state index in [1.807, 2.05) is 48.5 Å². The third-order valence-electron chi connectivity index (χ3n) is 5.16. The molecule has 0 heterocycles. The molecular weight excluding hydrogens is 411 g/mol. The SMILES string of the molecule is O=C(Nc1cc(C(F)(F)F)ccc1C(=O)O)OCC1c2ccccc2-c2ccccc21. The lowest BCUT2D eigenvalue weighted by Gasteiger charge is -2.16. The number of benzene rings is 3. The lowest BCUT2D eigenvalue weighted by atomic mass is 9.98. The number of amides is 1. The van der Waals surface area contributed by atoms with Crippen molar-refractivity contribution in [2.24, 2.45) is 0 Å². The fraction of sp³-hybridized carbons (Fsp3) is 0.130. The molecule has 1 aliphatic rings. The van der Waals surface area contributed by atoms with Crippen LogP contribution in [0.2, 0.25) is 0 Å². The van der Waals surface area contributed by atoms with E-state index < -0.39 is 35.1 Å². The van der Waals surface area contributed by atoms with E-state index >= 15 is 0 Å². The minimum absolute atomic E-state index is 0.0543. The summed E-state index contributed by atoms with van der Waals surface area (Å²) >= 11 is 0. The van der Waals surface area contributed by atoms with Gasteiger partial charge in [0, 0.05) is 5.92 Å². The maximum Gasteiger partial charge on any atom is 0.416 e. The number of fused-ring (bicyclic) bond motifs is 3. The van der Waals surface area contributed by atoms with Gasteiger partial charge in [-0.25, -0.2) is 9.59 Å². The van der Waals surface area contributed by atoms with Crippen molar-refractivity contribution in [3.05, 3.63) is 89.0 Å². The second-order valence-corrected chi connectivity index (χ2v) is 7.01. The molecule has 0 atom stereocenters. The second kappa shape index (κ2) is 7.79. The van der Waals surface area contributed by atoms with Gasteiger partial charge in [-0.05, 0) is 40.5 Å². The first kappa shape index (κ1) is 20.5. The molecule has 0 saturated carbocycles. The Morgan fingerprint density at radius 3 is 2.06 bits per heavy atom. The standard InChI is InChI=1S/C23H16F3NO4/c24-23(25,26)13-9-10-18(21(28)29)20(11-13)27-22(30)31-12-19-16-7-3-1-5-14(16)15-6-2-4-8-17(15)19/h1-11,19H,12H2,(H,27,30)(H,28,29). The van der Waals surface area contributed by atoms with Gasteiger partial charge in [0.1, 0.15) is 6.61 Å². The van der Waals surface area contributed by atoms with E-state index in [9.17, 15) is 27.9 Å². The Morgan fingerprint density at radius 2 is 1.52 bits per heavy atom. The van der Waals surface area contributed by atoms with Crippen LogP contribution in [0.5, 0.6) is 0 Å². The van der Waals surface area contributed by atoms with Gasteiger partial charge in [0.25, 0.3) is 0 Å². The molecule has 0 aliphatic heterocycles. The largest absolute Gasteiger partial charge is 0.478 e. The highest BCUT2D eigenvalue weighted by Gasteiger charge is 2.32. The summed E-state index contributed by atoms with van der Waals surface area (Å²) in [5, 5.41) is 11.4. The highest BCUT2D eigenvalue weighted by Crippen LogP contribution is 2.44. The summed E-state index contributed by atoms with van der Waals surface area (Å²) in [6, 6.07) is 17.4. The third kappa shape index (κ3) is 3.96. The van der Waals surface area contributed by atoms with Crippen molar-refractivity contribution in [3.8, 4) is 11.1 Å². The summed E-state index contributed by atoms with van der Waals surface area (Å²) in [6.07, 6.45) is -5.72. The highest BCUT2D eigenvalue weighted by molar-refractivity contribution is 5.99. The zero-order valence-corrected chi connectivity index (χ0v) is 15.9. The van der Waals surface area contributed by atoms with Crippen molar-refractivity contribution in [2.75, 3.05) is 11.9 Å². The Hall–Kier alpha value is -3.81. The molecule has 0 bridgehead atoms. The van der Waals surface area contributed by atoms with Crippen LogP contribution in [0.3, 0.4) is 0 Å². The normalized spacial score (nSPS) is 12.7. The van der Waals surface area contributed by atoms with Gasteiger partial charge in [-0.3, -0.25) is 5.32 Å². The molecule has 8 heteroatoms. The number of alkyl halides is 3. The average molecular weight is 427 g/mol. The van der Waals surface area contributed by atoms with E-state index in [0.29, 0.717) is 12.1 Å². The van der Waals surface area contributed by atoms with E-state index in [0.717, 1.165) is 28.3 Å². The van der Waals surface area contributed by atoms with E-state index in [1.165, 1.54) is 0 Å². The predicted octanol–water partition coefficient (Wildman–Crippen LogP) is 5.76. The molecule has 4 rings (SSSR count). The van der Waals surface area contributed by atoms with Gasteiger partial charge in [-0.2, -0.15) is 13.2 Å². The van der Waals surface area contributed by atoms with Crippen molar-refractivity contribution in [3.63, 3.8) is 0 Å². The number of carboxylic acid groups (broad SMARTS) is 1. The minimum Gasteiger partial charge on any atom is -0.478 e. The molecular formula is C23H16F3NO4. The van der Waals surface area contributed by atoms with Gasteiger partial charge in [0.2, 0.25) is 0 Å². The Kier molecular flexibility index (Phi) is 5.14. The van der Waals surface area contributed by atoms with E-state index in [4.69, 9.17) is 4.74 Å². The third-order valence-corrected chi connectivity index (χ3v) is 5.16. The quantitative estimate of drug-likeness (QED) is 0.555. The zero-order valence-electron chi connectivity index (χ0n) is 15.9. The summed E-state index contributed by atoms with van der Waals surface area (Å²) in [5.41, 5.74) is 1.97. The van der Waals surface area contributed by atoms with Crippen molar-refractivity contribution in [1.82, 2.24) is 0 Å². The lowest BCUT2D eigenvalue weighted by molar-refractivity contribution is -0.137. The molecule has 0 unspecified atom stereocenters. The highest BCUT2D eigenvalue weighted by atomic mass is 19.4. The predicted molar refractivity (Wildman–Crippen MR) is 107 cm³/mol. The van der Waals surface area contributed by atoms with Crippen molar-refractivity contribution >= 4 is 17.7 Å². The van der Waals surface area contributed by atoms with Crippen LogP contribution in [0.25, 0.3) is 11.1 Å². The fourth-order valence-corrected chi connectivity index (χ4v) is 3.75. The first-order chi connectivity index (χ1) is 14.8. The van der Waals surface area contributed by atoms with Crippen LogP contribution in [0, 0.1) is 0 Å². The number of anilines is 1. The zero-order chi connectivity index (χ0) is 22.2. The number of halogens is 3. The van der Waals surface area contributed by atoms with Crippen LogP contribution in [-0.4, -0.2) is 23.8 Å². The van der Waals surface area contributed by atoms with Crippen LogP contribution in [0.15, 0.2) is 66.7 Å². The van der Waals surface area contributed by atoms with Gasteiger partial charge < -0.3 is 9.84 Å². The molecule has 0 fully saturated rings. The van der Waals surface area contributed by atoms with Gasteiger partial charge in [0.05, 0.1) is 16.8 Å². The molecule has 0 aromatic heterocycles. The molecule has 0 spiro atoms. The Morgan fingerprint density at radius 1 is 0.935 bits per heavy atom. The fourth-order valence-electron chi connectivity index (χ4n) is 3.75. The molecule has 2 N–H and O–H groups in total. The van der Waals surface area contributed by atoms with Crippen LogP contribution in [0.4, 0.5) is 23.7 Å². The molecule has 158 valence electrons. The molecule has 1 amide bonds. The number of aromatic carboxylic acids is 1. The second-order valence-electron chi connectivity index (χ2n) is 7.01. The Labute approximate surface area is 175 Å². The average Bonchev–Trinajstić information content (AvgIpc) is 3.05. The van der Waals surface area contributed by atoms with E-state index in [2.05, 4.69) is 5.32 Å². The maximum absolute atomic E-state index is 13.0. The van der Waals surface area contributed by atoms with Crippen LogP contribution >= 0.6 is 0 Å². The summed E-state index contributed by atoms with van der Waals surface area (Å²) in [6.45, 7) is -0.0543. The summed E-state index contributed by atoms with van der Waals surface area (Å²) in [7, 11) is 0. The molecule has 31 heavy (non-hydrogen) atoms. The molecule has 1 aliphatic carbocycles. The monoisotopic (exact) mass is 427 g/mol. The minimum atomic E-state index is -4.69. The number of carbonyl (C=O) groups is 2. The lowest BCUT2D eigenvalue weighted by Crippen LogP contribution is -2.20. The number of carbonyl (C=O) groups excluding carboxylic acids is 1. The number of hydrogen-bond donors (Lipinski definition) is 2. The number of nitrogens with one attached hydrogen (secondary N) is 1. The Bertz CT molecular complexity index is 1130. The topological polar surface area (TPSA) is 75.6 Å². The van der Waals surface area contributed by atoms with Crippen LogP contribution in [-0.2, 0) is 10.9 Å². The van der Waals surface area contributed by atoms with Gasteiger partial charge >= 0.3 is 18.2 Å². The number of rotatable bonds is 4. The smallest absolute Gasteiger partial charge is 0.416 e.